The first-order chi connectivity index (χ1) is 17.5. The summed E-state index contributed by atoms with van der Waals surface area (Å²) < 4.78 is 42.9. The molecule has 2 aromatic carbocycles. The normalized spacial score (nSPS) is 21.1. The van der Waals surface area contributed by atoms with Crippen LogP contribution in [0.2, 0.25) is 0 Å². The Morgan fingerprint density at radius 1 is 1.00 bits per heavy atom. The standard InChI is InChI=1S/C23H26N2O5.C2HF3O2/c1-29-19-8-4-16(5-9-19)21(24-18-6-2-17(3-7-18)22(26)27)23(28)30-20-14-25-12-10-15(20)11-13-25;3-2(4,5)1(6)7/h2-9,15,20-21,24H,10-14H2,1H3,(H,26,27);(H,6,7)/t20-,21?;/m0./s1. The highest BCUT2D eigenvalue weighted by atomic mass is 19.4. The van der Waals surface area contributed by atoms with Crippen molar-refractivity contribution in [3.05, 3.63) is 59.7 Å². The second kappa shape index (κ2) is 12.0. The van der Waals surface area contributed by atoms with Crippen molar-refractivity contribution in [3.63, 3.8) is 0 Å². The van der Waals surface area contributed by atoms with E-state index in [0.717, 1.165) is 38.0 Å². The van der Waals surface area contributed by atoms with Gasteiger partial charge in [-0.2, -0.15) is 13.2 Å². The lowest BCUT2D eigenvalue weighted by atomic mass is 9.86. The smallest absolute Gasteiger partial charge is 0.490 e. The predicted molar refractivity (Wildman–Crippen MR) is 125 cm³/mol. The van der Waals surface area contributed by atoms with Gasteiger partial charge >= 0.3 is 24.1 Å². The van der Waals surface area contributed by atoms with Gasteiger partial charge < -0.3 is 25.0 Å². The number of alkyl halides is 3. The van der Waals surface area contributed by atoms with Gasteiger partial charge in [0.15, 0.2) is 6.04 Å². The summed E-state index contributed by atoms with van der Waals surface area (Å²) in [7, 11) is 1.59. The predicted octanol–water partition coefficient (Wildman–Crippen LogP) is 3.82. The molecule has 0 aromatic heterocycles. The number of carbonyl (C=O) groups excluding carboxylic acids is 1. The monoisotopic (exact) mass is 524 g/mol. The van der Waals surface area contributed by atoms with E-state index in [1.807, 2.05) is 12.1 Å². The molecule has 2 bridgehead atoms. The number of methoxy groups -OCH3 is 1. The molecule has 2 aromatic rings. The molecule has 1 unspecified atom stereocenters. The van der Waals surface area contributed by atoms with Crippen LogP contribution in [0.4, 0.5) is 18.9 Å². The van der Waals surface area contributed by atoms with Gasteiger partial charge in [0, 0.05) is 12.2 Å². The van der Waals surface area contributed by atoms with Gasteiger partial charge in [-0.05, 0) is 73.8 Å². The Hall–Kier alpha value is -3.80. The van der Waals surface area contributed by atoms with Gasteiger partial charge in [0.2, 0.25) is 0 Å². The fourth-order valence-corrected chi connectivity index (χ4v) is 4.21. The molecule has 37 heavy (non-hydrogen) atoms. The Morgan fingerprint density at radius 2 is 1.57 bits per heavy atom. The van der Waals surface area contributed by atoms with Crippen molar-refractivity contribution in [2.45, 2.75) is 31.2 Å². The number of carboxylic acid groups (broad SMARTS) is 2. The molecule has 3 fully saturated rings. The summed E-state index contributed by atoms with van der Waals surface area (Å²) in [5.74, 6) is -2.96. The number of nitrogens with zero attached hydrogens (tertiary/aromatic N) is 1. The second-order valence-corrected chi connectivity index (χ2v) is 8.65. The summed E-state index contributed by atoms with van der Waals surface area (Å²) >= 11 is 0. The van der Waals surface area contributed by atoms with Crippen LogP contribution in [-0.4, -0.2) is 72.0 Å². The molecule has 2 atom stereocenters. The number of fused-ring (bicyclic) bond motifs is 3. The fourth-order valence-electron chi connectivity index (χ4n) is 4.21. The Morgan fingerprint density at radius 3 is 2.00 bits per heavy atom. The van der Waals surface area contributed by atoms with Crippen molar-refractivity contribution in [1.82, 2.24) is 4.90 Å². The van der Waals surface area contributed by atoms with Crippen LogP contribution >= 0.6 is 0 Å². The number of hydrogen-bond acceptors (Lipinski definition) is 7. The first-order valence-corrected chi connectivity index (χ1v) is 11.4. The number of halogens is 3. The maximum atomic E-state index is 13.2. The van der Waals surface area contributed by atoms with Crippen LogP contribution in [0.15, 0.2) is 48.5 Å². The Bertz CT molecular complexity index is 1080. The van der Waals surface area contributed by atoms with E-state index < -0.39 is 24.2 Å². The van der Waals surface area contributed by atoms with Crippen molar-refractivity contribution in [1.29, 1.82) is 0 Å². The summed E-state index contributed by atoms with van der Waals surface area (Å²) in [4.78, 5) is 35.5. The van der Waals surface area contributed by atoms with E-state index in [9.17, 15) is 22.8 Å². The summed E-state index contributed by atoms with van der Waals surface area (Å²) in [6.07, 6.45) is -3.04. The van der Waals surface area contributed by atoms with E-state index in [1.165, 1.54) is 12.1 Å². The van der Waals surface area contributed by atoms with Crippen LogP contribution in [0.3, 0.4) is 0 Å². The topological polar surface area (TPSA) is 125 Å². The maximum Gasteiger partial charge on any atom is 0.490 e. The molecule has 3 saturated heterocycles. The third kappa shape index (κ3) is 7.59. The molecule has 200 valence electrons. The van der Waals surface area contributed by atoms with Crippen molar-refractivity contribution >= 4 is 23.6 Å². The average Bonchev–Trinajstić information content (AvgIpc) is 2.88. The van der Waals surface area contributed by atoms with Gasteiger partial charge in [-0.1, -0.05) is 12.1 Å². The molecule has 0 aliphatic carbocycles. The number of aromatic carboxylic acids is 1. The minimum absolute atomic E-state index is 0.0862. The lowest BCUT2D eigenvalue weighted by Crippen LogP contribution is -2.52. The number of carboxylic acids is 2. The van der Waals surface area contributed by atoms with E-state index in [2.05, 4.69) is 10.2 Å². The number of anilines is 1. The number of carbonyl (C=O) groups is 3. The summed E-state index contributed by atoms with van der Waals surface area (Å²) in [6, 6.07) is 12.9. The van der Waals surface area contributed by atoms with Crippen LogP contribution in [0.25, 0.3) is 0 Å². The number of rotatable bonds is 7. The van der Waals surface area contributed by atoms with Gasteiger partial charge in [0.1, 0.15) is 11.9 Å². The zero-order chi connectivity index (χ0) is 27.2. The van der Waals surface area contributed by atoms with Gasteiger partial charge in [0.25, 0.3) is 0 Å². The molecule has 0 spiro atoms. The van der Waals surface area contributed by atoms with Crippen LogP contribution in [0.5, 0.6) is 5.75 Å². The first-order valence-electron chi connectivity index (χ1n) is 11.4. The largest absolute Gasteiger partial charge is 0.497 e. The van der Waals surface area contributed by atoms with E-state index in [-0.39, 0.29) is 17.6 Å². The lowest BCUT2D eigenvalue weighted by molar-refractivity contribution is -0.192. The highest BCUT2D eigenvalue weighted by Gasteiger charge is 2.39. The van der Waals surface area contributed by atoms with Crippen molar-refractivity contribution < 1.29 is 47.2 Å². The van der Waals surface area contributed by atoms with E-state index in [4.69, 9.17) is 24.5 Å². The summed E-state index contributed by atoms with van der Waals surface area (Å²) in [5, 5.41) is 19.4. The van der Waals surface area contributed by atoms with E-state index >= 15 is 0 Å². The zero-order valence-electron chi connectivity index (χ0n) is 19.9. The molecule has 3 heterocycles. The number of hydrogen-bond donors (Lipinski definition) is 3. The zero-order valence-corrected chi connectivity index (χ0v) is 19.9. The van der Waals surface area contributed by atoms with Crippen molar-refractivity contribution in [3.8, 4) is 5.75 Å². The van der Waals surface area contributed by atoms with Crippen LogP contribution < -0.4 is 10.1 Å². The Labute approximate surface area is 210 Å². The number of piperidine rings is 3. The SMILES string of the molecule is COc1ccc(C(Nc2ccc(C(=O)O)cc2)C(=O)O[C@H]2CN3CCC2CC3)cc1.O=C(O)C(F)(F)F. The number of ether oxygens (including phenoxy) is 2. The molecule has 0 radical (unpaired) electrons. The average molecular weight is 524 g/mol. The van der Waals surface area contributed by atoms with Gasteiger partial charge in [-0.15, -0.1) is 0 Å². The maximum absolute atomic E-state index is 13.2. The third-order valence-corrected chi connectivity index (χ3v) is 6.23. The van der Waals surface area contributed by atoms with E-state index in [0.29, 0.717) is 17.4 Å². The third-order valence-electron chi connectivity index (χ3n) is 6.23. The Balaban J connectivity index is 0.000000479. The second-order valence-electron chi connectivity index (χ2n) is 8.65. The van der Waals surface area contributed by atoms with Crippen LogP contribution in [0.1, 0.15) is 34.8 Å². The quantitative estimate of drug-likeness (QED) is 0.464. The Kier molecular flexibility index (Phi) is 8.98. The molecule has 3 aliphatic rings. The van der Waals surface area contributed by atoms with Crippen molar-refractivity contribution in [2.75, 3.05) is 32.1 Å². The molecule has 12 heteroatoms. The summed E-state index contributed by atoms with van der Waals surface area (Å²) in [5.41, 5.74) is 1.59. The van der Waals surface area contributed by atoms with Gasteiger partial charge in [0.05, 0.1) is 12.7 Å². The first kappa shape index (κ1) is 27.8. The van der Waals surface area contributed by atoms with Crippen LogP contribution in [-0.2, 0) is 14.3 Å². The molecule has 9 nitrogen and oxygen atoms in total. The van der Waals surface area contributed by atoms with Gasteiger partial charge in [-0.25, -0.2) is 14.4 Å². The fraction of sp³-hybridized carbons (Fsp3) is 0.400. The minimum Gasteiger partial charge on any atom is -0.497 e. The van der Waals surface area contributed by atoms with E-state index in [1.54, 1.807) is 31.4 Å². The lowest BCUT2D eigenvalue weighted by Gasteiger charge is -2.44. The molecule has 5 rings (SSSR count). The number of nitrogens with one attached hydrogen (secondary N) is 1. The number of esters is 1. The number of benzene rings is 2. The minimum atomic E-state index is -5.08. The number of aliphatic carboxylic acids is 1. The molecule has 3 aliphatic heterocycles. The molecular formula is C25H27F3N2O7. The molecule has 0 saturated carbocycles. The molecular weight excluding hydrogens is 497 g/mol. The summed E-state index contributed by atoms with van der Waals surface area (Å²) in [6.45, 7) is 2.95. The van der Waals surface area contributed by atoms with Gasteiger partial charge in [-0.3, -0.25) is 4.90 Å². The molecule has 3 N–H and O–H groups in total. The molecule has 0 amide bonds. The van der Waals surface area contributed by atoms with Crippen LogP contribution in [0, 0.1) is 5.92 Å². The highest BCUT2D eigenvalue weighted by molar-refractivity contribution is 5.88. The highest BCUT2D eigenvalue weighted by Crippen LogP contribution is 2.31. The van der Waals surface area contributed by atoms with Crippen molar-refractivity contribution in [2.24, 2.45) is 5.92 Å².